The lowest BCUT2D eigenvalue weighted by atomic mass is 10.1. The maximum Gasteiger partial charge on any atom is 0.257 e. The first kappa shape index (κ1) is 16.3. The van der Waals surface area contributed by atoms with Gasteiger partial charge in [-0.05, 0) is 49.2 Å². The molecule has 1 atom stereocenters. The van der Waals surface area contributed by atoms with E-state index in [-0.39, 0.29) is 18.2 Å². The van der Waals surface area contributed by atoms with E-state index in [1.807, 2.05) is 30.5 Å². The smallest absolute Gasteiger partial charge is 0.257 e. The minimum Gasteiger partial charge on any atom is -0.497 e. The molecule has 26 heavy (non-hydrogen) atoms. The lowest BCUT2D eigenvalue weighted by Crippen LogP contribution is -2.31. The molecule has 0 aliphatic carbocycles. The van der Waals surface area contributed by atoms with Crippen LogP contribution in [0.3, 0.4) is 0 Å². The number of amides is 2. The second-order valence-electron chi connectivity index (χ2n) is 6.57. The number of methoxy groups -OCH3 is 1. The number of benzene rings is 2. The summed E-state index contributed by atoms with van der Waals surface area (Å²) in [6, 6.07) is 10.4. The molecule has 132 valence electrons. The molecule has 1 aromatic heterocycles. The van der Waals surface area contributed by atoms with Gasteiger partial charge in [-0.15, -0.1) is 0 Å². The van der Waals surface area contributed by atoms with E-state index in [9.17, 15) is 9.59 Å². The summed E-state index contributed by atoms with van der Waals surface area (Å²) in [6.07, 6.45) is 1.77. The van der Waals surface area contributed by atoms with Gasteiger partial charge in [0.15, 0.2) is 0 Å². The number of carbonyl (C=O) groups is 2. The van der Waals surface area contributed by atoms with Gasteiger partial charge in [0.2, 0.25) is 5.91 Å². The van der Waals surface area contributed by atoms with Gasteiger partial charge in [0.05, 0.1) is 36.6 Å². The standard InChI is InChI=1S/C20H19N3O3/c1-12-7-16-17(8-13(12)2)22(11-21-16)18-10-19(24)23(20(18)25)14-5-4-6-15(9-14)26-3/h4-9,11,18H,10H2,1-3H3. The highest BCUT2D eigenvalue weighted by Gasteiger charge is 2.41. The van der Waals surface area contributed by atoms with Crippen molar-refractivity contribution >= 4 is 28.5 Å². The number of aryl methyl sites for hydroxylation is 2. The van der Waals surface area contributed by atoms with Crippen LogP contribution >= 0.6 is 0 Å². The lowest BCUT2D eigenvalue weighted by molar-refractivity contribution is -0.122. The third-order valence-electron chi connectivity index (χ3n) is 4.96. The van der Waals surface area contributed by atoms with Crippen LogP contribution in [0.4, 0.5) is 5.69 Å². The predicted octanol–water partition coefficient (Wildman–Crippen LogP) is 3.17. The topological polar surface area (TPSA) is 64.4 Å². The van der Waals surface area contributed by atoms with Crippen LogP contribution in [0.1, 0.15) is 23.6 Å². The van der Waals surface area contributed by atoms with Gasteiger partial charge in [-0.1, -0.05) is 6.07 Å². The summed E-state index contributed by atoms with van der Waals surface area (Å²) in [5.41, 5.74) is 4.49. The maximum atomic E-state index is 13.0. The molecule has 2 heterocycles. The van der Waals surface area contributed by atoms with Gasteiger partial charge in [-0.25, -0.2) is 9.88 Å². The molecule has 0 N–H and O–H groups in total. The third-order valence-corrected chi connectivity index (χ3v) is 4.96. The molecule has 2 aromatic carbocycles. The van der Waals surface area contributed by atoms with Crippen molar-refractivity contribution in [2.24, 2.45) is 0 Å². The van der Waals surface area contributed by atoms with Crippen molar-refractivity contribution in [2.45, 2.75) is 26.3 Å². The highest BCUT2D eigenvalue weighted by molar-refractivity contribution is 6.22. The van der Waals surface area contributed by atoms with Crippen LogP contribution < -0.4 is 9.64 Å². The monoisotopic (exact) mass is 349 g/mol. The molecule has 6 heteroatoms. The Labute approximate surface area is 151 Å². The Bertz CT molecular complexity index is 1040. The van der Waals surface area contributed by atoms with E-state index in [1.165, 1.54) is 4.90 Å². The number of imidazole rings is 1. The number of hydrogen-bond donors (Lipinski definition) is 0. The first-order valence-corrected chi connectivity index (χ1v) is 8.44. The number of ether oxygens (including phenoxy) is 1. The molecule has 4 rings (SSSR count). The SMILES string of the molecule is COc1cccc(N2C(=O)CC(n3cnc4cc(C)c(C)cc43)C2=O)c1. The zero-order valence-corrected chi connectivity index (χ0v) is 14.9. The highest BCUT2D eigenvalue weighted by atomic mass is 16.5. The van der Waals surface area contributed by atoms with Crippen molar-refractivity contribution in [3.05, 3.63) is 53.9 Å². The Hall–Kier alpha value is -3.15. The minimum atomic E-state index is -0.583. The molecule has 0 bridgehead atoms. The van der Waals surface area contributed by atoms with E-state index < -0.39 is 6.04 Å². The van der Waals surface area contributed by atoms with Crippen LogP contribution in [-0.2, 0) is 9.59 Å². The maximum absolute atomic E-state index is 13.0. The Balaban J connectivity index is 1.75. The normalized spacial score (nSPS) is 17.3. The summed E-state index contributed by atoms with van der Waals surface area (Å²) in [6.45, 7) is 4.05. The summed E-state index contributed by atoms with van der Waals surface area (Å²) in [5.74, 6) is 0.130. The van der Waals surface area contributed by atoms with Crippen molar-refractivity contribution in [1.29, 1.82) is 0 Å². The average Bonchev–Trinajstić information content (AvgIpc) is 3.15. The molecule has 3 aromatic rings. The first-order chi connectivity index (χ1) is 12.5. The number of aromatic nitrogens is 2. The molecule has 0 radical (unpaired) electrons. The molecule has 2 amide bonds. The number of carbonyl (C=O) groups excluding carboxylic acids is 2. The molecular formula is C20H19N3O3. The lowest BCUT2D eigenvalue weighted by Gasteiger charge is -2.16. The van der Waals surface area contributed by atoms with Crippen LogP contribution in [-0.4, -0.2) is 28.5 Å². The van der Waals surface area contributed by atoms with Crippen molar-refractivity contribution in [3.63, 3.8) is 0 Å². The first-order valence-electron chi connectivity index (χ1n) is 8.44. The molecule has 1 saturated heterocycles. The molecule has 6 nitrogen and oxygen atoms in total. The molecule has 1 unspecified atom stereocenters. The number of rotatable bonds is 3. The Kier molecular flexibility index (Phi) is 3.76. The summed E-state index contributed by atoms with van der Waals surface area (Å²) in [4.78, 5) is 31.3. The highest BCUT2D eigenvalue weighted by Crippen LogP contribution is 2.33. The summed E-state index contributed by atoms with van der Waals surface area (Å²) in [7, 11) is 1.55. The number of nitrogens with zero attached hydrogens (tertiary/aromatic N) is 3. The van der Waals surface area contributed by atoms with Crippen LogP contribution in [0.15, 0.2) is 42.7 Å². The summed E-state index contributed by atoms with van der Waals surface area (Å²) >= 11 is 0. The van der Waals surface area contributed by atoms with Crippen molar-refractivity contribution in [2.75, 3.05) is 12.0 Å². The Morgan fingerprint density at radius 3 is 2.65 bits per heavy atom. The summed E-state index contributed by atoms with van der Waals surface area (Å²) < 4.78 is 7.01. The van der Waals surface area contributed by atoms with E-state index in [1.54, 1.807) is 37.7 Å². The minimum absolute atomic E-state index is 0.119. The molecule has 1 aliphatic heterocycles. The van der Waals surface area contributed by atoms with Crippen molar-refractivity contribution in [1.82, 2.24) is 9.55 Å². The fraction of sp³-hybridized carbons (Fsp3) is 0.250. The Morgan fingerprint density at radius 1 is 1.12 bits per heavy atom. The fourth-order valence-electron chi connectivity index (χ4n) is 3.38. The zero-order chi connectivity index (χ0) is 18.4. The molecule has 0 spiro atoms. The number of hydrogen-bond acceptors (Lipinski definition) is 4. The van der Waals surface area contributed by atoms with Crippen molar-refractivity contribution < 1.29 is 14.3 Å². The van der Waals surface area contributed by atoms with E-state index >= 15 is 0 Å². The van der Waals surface area contributed by atoms with Crippen LogP contribution in [0, 0.1) is 13.8 Å². The molecule has 0 saturated carbocycles. The zero-order valence-electron chi connectivity index (χ0n) is 14.9. The predicted molar refractivity (Wildman–Crippen MR) is 98.3 cm³/mol. The average molecular weight is 349 g/mol. The van der Waals surface area contributed by atoms with Crippen LogP contribution in [0.5, 0.6) is 5.75 Å². The molecule has 1 aliphatic rings. The number of imide groups is 1. The van der Waals surface area contributed by atoms with E-state index in [2.05, 4.69) is 4.98 Å². The van der Waals surface area contributed by atoms with Gasteiger partial charge in [0.1, 0.15) is 11.8 Å². The Morgan fingerprint density at radius 2 is 1.88 bits per heavy atom. The quantitative estimate of drug-likeness (QED) is 0.681. The van der Waals surface area contributed by atoms with Gasteiger partial charge < -0.3 is 9.30 Å². The van der Waals surface area contributed by atoms with Crippen LogP contribution in [0.25, 0.3) is 11.0 Å². The van der Waals surface area contributed by atoms with E-state index in [4.69, 9.17) is 4.74 Å². The fourth-order valence-corrected chi connectivity index (χ4v) is 3.38. The van der Waals surface area contributed by atoms with E-state index in [0.29, 0.717) is 11.4 Å². The van der Waals surface area contributed by atoms with Gasteiger partial charge in [-0.3, -0.25) is 9.59 Å². The van der Waals surface area contributed by atoms with E-state index in [0.717, 1.165) is 22.2 Å². The molecule has 1 fully saturated rings. The second kappa shape index (κ2) is 5.98. The summed E-state index contributed by atoms with van der Waals surface area (Å²) in [5, 5.41) is 0. The van der Waals surface area contributed by atoms with Gasteiger partial charge in [0.25, 0.3) is 5.91 Å². The largest absolute Gasteiger partial charge is 0.497 e. The number of anilines is 1. The number of fused-ring (bicyclic) bond motifs is 1. The van der Waals surface area contributed by atoms with Crippen LogP contribution in [0.2, 0.25) is 0 Å². The van der Waals surface area contributed by atoms with Gasteiger partial charge >= 0.3 is 0 Å². The third kappa shape index (κ3) is 2.45. The second-order valence-corrected chi connectivity index (χ2v) is 6.57. The van der Waals surface area contributed by atoms with Crippen molar-refractivity contribution in [3.8, 4) is 5.75 Å². The molecular weight excluding hydrogens is 330 g/mol. The van der Waals surface area contributed by atoms with Gasteiger partial charge in [-0.2, -0.15) is 0 Å². The van der Waals surface area contributed by atoms with Gasteiger partial charge in [0, 0.05) is 6.07 Å².